The number of hydrogen-bond acceptors (Lipinski definition) is 1. The molecule has 1 nitrogen and oxygen atoms in total. The van der Waals surface area contributed by atoms with E-state index in [0.29, 0.717) is 22.9 Å². The van der Waals surface area contributed by atoms with Gasteiger partial charge in [0.15, 0.2) is 0 Å². The van der Waals surface area contributed by atoms with Gasteiger partial charge in [-0.05, 0) is 30.5 Å². The fourth-order valence-corrected chi connectivity index (χ4v) is 1.63. The van der Waals surface area contributed by atoms with Crippen LogP contribution in [0.15, 0.2) is 18.2 Å². The number of aliphatic hydroxyl groups excluding tert-OH is 1. The Morgan fingerprint density at radius 2 is 2.13 bits per heavy atom. The minimum atomic E-state index is -0.765. The number of halogens is 2. The van der Waals surface area contributed by atoms with Crippen molar-refractivity contribution in [2.24, 2.45) is 5.92 Å². The summed E-state index contributed by atoms with van der Waals surface area (Å²) in [5, 5.41) is 10.3. The maximum absolute atomic E-state index is 13.4. The second-order valence-electron chi connectivity index (χ2n) is 3.93. The van der Waals surface area contributed by atoms with Crippen molar-refractivity contribution in [3.63, 3.8) is 0 Å². The lowest BCUT2D eigenvalue weighted by atomic mass is 9.96. The van der Waals surface area contributed by atoms with Gasteiger partial charge >= 0.3 is 0 Å². The van der Waals surface area contributed by atoms with Crippen LogP contribution in [-0.4, -0.2) is 5.11 Å². The van der Waals surface area contributed by atoms with E-state index in [-0.39, 0.29) is 0 Å². The van der Waals surface area contributed by atoms with Gasteiger partial charge < -0.3 is 5.11 Å². The van der Waals surface area contributed by atoms with Crippen molar-refractivity contribution < 1.29 is 9.50 Å². The molecule has 15 heavy (non-hydrogen) atoms. The SMILES string of the molecule is CCC(C)CC(O)c1cc(Cl)ccc1F. The summed E-state index contributed by atoms with van der Waals surface area (Å²) >= 11 is 5.75. The molecule has 1 aromatic carbocycles. The molecule has 1 aromatic rings. The van der Waals surface area contributed by atoms with Crippen LogP contribution in [0, 0.1) is 11.7 Å². The molecule has 1 rings (SSSR count). The van der Waals surface area contributed by atoms with Crippen molar-refractivity contribution in [3.8, 4) is 0 Å². The number of aliphatic hydroxyl groups is 1. The van der Waals surface area contributed by atoms with E-state index in [1.54, 1.807) is 0 Å². The molecule has 0 radical (unpaired) electrons. The Bertz CT molecular complexity index is 327. The highest BCUT2D eigenvalue weighted by Gasteiger charge is 2.15. The fraction of sp³-hybridized carbons (Fsp3) is 0.500. The van der Waals surface area contributed by atoms with Crippen LogP contribution >= 0.6 is 11.6 Å². The lowest BCUT2D eigenvalue weighted by Crippen LogP contribution is -2.05. The first-order valence-corrected chi connectivity index (χ1v) is 5.55. The van der Waals surface area contributed by atoms with Crippen molar-refractivity contribution in [1.29, 1.82) is 0 Å². The zero-order valence-corrected chi connectivity index (χ0v) is 9.76. The summed E-state index contributed by atoms with van der Waals surface area (Å²) in [6.07, 6.45) is 0.770. The predicted octanol–water partition coefficient (Wildman–Crippen LogP) is 3.95. The van der Waals surface area contributed by atoms with Crippen LogP contribution in [0.3, 0.4) is 0 Å². The van der Waals surface area contributed by atoms with Crippen molar-refractivity contribution in [2.75, 3.05) is 0 Å². The van der Waals surface area contributed by atoms with Gasteiger partial charge in [-0.1, -0.05) is 31.9 Å². The molecule has 0 fully saturated rings. The van der Waals surface area contributed by atoms with Gasteiger partial charge in [0.25, 0.3) is 0 Å². The van der Waals surface area contributed by atoms with Crippen LogP contribution in [0.25, 0.3) is 0 Å². The smallest absolute Gasteiger partial charge is 0.129 e. The van der Waals surface area contributed by atoms with Gasteiger partial charge in [-0.25, -0.2) is 4.39 Å². The first-order valence-electron chi connectivity index (χ1n) is 5.17. The molecule has 0 heterocycles. The van der Waals surface area contributed by atoms with Gasteiger partial charge in [-0.2, -0.15) is 0 Å². The van der Waals surface area contributed by atoms with Crippen molar-refractivity contribution in [2.45, 2.75) is 32.8 Å². The maximum atomic E-state index is 13.4. The molecule has 3 heteroatoms. The third-order valence-corrected chi connectivity index (χ3v) is 2.87. The van der Waals surface area contributed by atoms with Crippen LogP contribution < -0.4 is 0 Å². The van der Waals surface area contributed by atoms with Crippen LogP contribution in [0.2, 0.25) is 5.02 Å². The molecule has 84 valence electrons. The van der Waals surface area contributed by atoms with Crippen molar-refractivity contribution in [1.82, 2.24) is 0 Å². The third-order valence-electron chi connectivity index (χ3n) is 2.64. The van der Waals surface area contributed by atoms with E-state index < -0.39 is 11.9 Å². The van der Waals surface area contributed by atoms with E-state index >= 15 is 0 Å². The summed E-state index contributed by atoms with van der Waals surface area (Å²) in [4.78, 5) is 0. The Morgan fingerprint density at radius 3 is 2.73 bits per heavy atom. The second kappa shape index (κ2) is 5.47. The second-order valence-corrected chi connectivity index (χ2v) is 4.37. The molecule has 0 spiro atoms. The largest absolute Gasteiger partial charge is 0.388 e. The minimum Gasteiger partial charge on any atom is -0.388 e. The quantitative estimate of drug-likeness (QED) is 0.831. The zero-order valence-electron chi connectivity index (χ0n) is 9.00. The van der Waals surface area contributed by atoms with Gasteiger partial charge in [0.1, 0.15) is 5.82 Å². The molecular formula is C12H16ClFO. The number of rotatable bonds is 4. The van der Waals surface area contributed by atoms with Crippen LogP contribution in [-0.2, 0) is 0 Å². The lowest BCUT2D eigenvalue weighted by Gasteiger charge is -2.16. The molecular weight excluding hydrogens is 215 g/mol. The zero-order chi connectivity index (χ0) is 11.4. The molecule has 0 saturated heterocycles. The molecule has 2 atom stereocenters. The molecule has 2 unspecified atom stereocenters. The first kappa shape index (κ1) is 12.5. The van der Waals surface area contributed by atoms with Gasteiger partial charge in [-0.15, -0.1) is 0 Å². The summed E-state index contributed by atoms with van der Waals surface area (Å²) in [5.74, 6) is -0.0198. The maximum Gasteiger partial charge on any atom is 0.129 e. The van der Waals surface area contributed by atoms with Gasteiger partial charge in [0.2, 0.25) is 0 Å². The van der Waals surface area contributed by atoms with Gasteiger partial charge in [0.05, 0.1) is 6.10 Å². The summed E-state index contributed by atoms with van der Waals surface area (Å²) < 4.78 is 13.4. The van der Waals surface area contributed by atoms with Crippen LogP contribution in [0.4, 0.5) is 4.39 Å². The monoisotopic (exact) mass is 230 g/mol. The van der Waals surface area contributed by atoms with E-state index in [4.69, 9.17) is 11.6 Å². The normalized spacial score (nSPS) is 15.0. The Balaban J connectivity index is 2.80. The summed E-state index contributed by atoms with van der Waals surface area (Å²) in [7, 11) is 0. The van der Waals surface area contributed by atoms with E-state index in [1.165, 1.54) is 18.2 Å². The topological polar surface area (TPSA) is 20.2 Å². The minimum absolute atomic E-state index is 0.294. The van der Waals surface area contributed by atoms with Crippen LogP contribution in [0.1, 0.15) is 38.4 Å². The predicted molar refractivity (Wildman–Crippen MR) is 60.4 cm³/mol. The Kier molecular flexibility index (Phi) is 4.55. The van der Waals surface area contributed by atoms with E-state index in [9.17, 15) is 9.50 Å². The highest BCUT2D eigenvalue weighted by Crippen LogP contribution is 2.27. The summed E-state index contributed by atoms with van der Waals surface area (Å²) in [6.45, 7) is 4.08. The van der Waals surface area contributed by atoms with Gasteiger partial charge in [-0.3, -0.25) is 0 Å². The molecule has 0 aromatic heterocycles. The van der Waals surface area contributed by atoms with E-state index in [0.717, 1.165) is 6.42 Å². The molecule has 0 aliphatic heterocycles. The van der Waals surface area contributed by atoms with Gasteiger partial charge in [0, 0.05) is 10.6 Å². The highest BCUT2D eigenvalue weighted by molar-refractivity contribution is 6.30. The average molecular weight is 231 g/mol. The Morgan fingerprint density at radius 1 is 1.47 bits per heavy atom. The van der Waals surface area contributed by atoms with Crippen molar-refractivity contribution in [3.05, 3.63) is 34.6 Å². The molecule has 0 bridgehead atoms. The van der Waals surface area contributed by atoms with E-state index in [1.807, 2.05) is 13.8 Å². The number of benzene rings is 1. The lowest BCUT2D eigenvalue weighted by molar-refractivity contribution is 0.142. The first-order chi connectivity index (χ1) is 7.04. The molecule has 0 aliphatic rings. The molecule has 0 amide bonds. The highest BCUT2D eigenvalue weighted by atomic mass is 35.5. The standard InChI is InChI=1S/C12H16ClFO/c1-3-8(2)6-12(15)10-7-9(13)4-5-11(10)14/h4-5,7-8,12,15H,3,6H2,1-2H3. The Labute approximate surface area is 94.9 Å². The third kappa shape index (κ3) is 3.47. The summed E-state index contributed by atoms with van der Waals surface area (Å²) in [5.41, 5.74) is 0.294. The average Bonchev–Trinajstić information content (AvgIpc) is 2.21. The van der Waals surface area contributed by atoms with E-state index in [2.05, 4.69) is 0 Å². The molecule has 0 aliphatic carbocycles. The molecule has 0 saturated carbocycles. The fourth-order valence-electron chi connectivity index (χ4n) is 1.44. The molecule has 1 N–H and O–H groups in total. The summed E-state index contributed by atoms with van der Waals surface area (Å²) in [6, 6.07) is 4.26. The number of hydrogen-bond donors (Lipinski definition) is 1. The van der Waals surface area contributed by atoms with Crippen LogP contribution in [0.5, 0.6) is 0 Å². The Hall–Kier alpha value is -0.600. The van der Waals surface area contributed by atoms with Crippen molar-refractivity contribution >= 4 is 11.6 Å².